The number of nitrogens with one attached hydrogen (secondary N) is 2. The van der Waals surface area contributed by atoms with E-state index in [9.17, 15) is 9.59 Å². The Hall–Kier alpha value is -1.56. The average Bonchev–Trinajstić information content (AvgIpc) is 2.44. The Bertz CT molecular complexity index is 441. The Morgan fingerprint density at radius 2 is 2.05 bits per heavy atom. The molecule has 0 radical (unpaired) electrons. The lowest BCUT2D eigenvalue weighted by Crippen LogP contribution is -2.51. The molecule has 21 heavy (non-hydrogen) atoms. The number of hydrogen-bond donors (Lipinski definition) is 2. The number of nitrogens with zero attached hydrogens (tertiary/aromatic N) is 1. The van der Waals surface area contributed by atoms with Crippen molar-refractivity contribution in [3.63, 3.8) is 0 Å². The second kappa shape index (κ2) is 6.93. The molecule has 0 spiro atoms. The number of allylic oxidation sites excluding steroid dienone is 1. The number of rotatable bonds is 4. The lowest BCUT2D eigenvalue weighted by Gasteiger charge is -2.33. The van der Waals surface area contributed by atoms with Crippen LogP contribution in [0.15, 0.2) is 11.3 Å². The molecule has 2 heterocycles. The van der Waals surface area contributed by atoms with Crippen LogP contribution >= 0.6 is 0 Å². The smallest absolute Gasteiger partial charge is 0.319 e. The number of likely N-dealkylation sites (N-methyl/N-ethyl adjacent to an activating group) is 1. The summed E-state index contributed by atoms with van der Waals surface area (Å²) in [6.45, 7) is 8.62. The van der Waals surface area contributed by atoms with E-state index in [0.29, 0.717) is 23.7 Å². The lowest BCUT2D eigenvalue weighted by molar-refractivity contribution is -0.128. The van der Waals surface area contributed by atoms with Gasteiger partial charge in [0.15, 0.2) is 0 Å². The van der Waals surface area contributed by atoms with Crippen LogP contribution in [0.5, 0.6) is 0 Å². The highest BCUT2D eigenvalue weighted by atomic mass is 16.5. The summed E-state index contributed by atoms with van der Waals surface area (Å²) in [5.74, 6) is 0.520. The Morgan fingerprint density at radius 3 is 2.62 bits per heavy atom. The number of amides is 3. The molecule has 0 saturated carbocycles. The third-order valence-electron chi connectivity index (χ3n) is 4.20. The fourth-order valence-electron chi connectivity index (χ4n) is 2.98. The first-order valence-corrected chi connectivity index (χ1v) is 7.68. The fraction of sp³-hybridized carbons (Fsp3) is 0.733. The Kier molecular flexibility index (Phi) is 5.22. The zero-order chi connectivity index (χ0) is 15.4. The van der Waals surface area contributed by atoms with Crippen molar-refractivity contribution in [1.29, 1.82) is 0 Å². The van der Waals surface area contributed by atoms with E-state index in [1.165, 1.54) is 0 Å². The topological polar surface area (TPSA) is 70.7 Å². The van der Waals surface area contributed by atoms with E-state index >= 15 is 0 Å². The molecule has 118 valence electrons. The van der Waals surface area contributed by atoms with Crippen molar-refractivity contribution in [2.75, 3.05) is 26.3 Å². The van der Waals surface area contributed by atoms with Crippen molar-refractivity contribution >= 4 is 11.9 Å². The predicted molar refractivity (Wildman–Crippen MR) is 79.6 cm³/mol. The van der Waals surface area contributed by atoms with Crippen LogP contribution in [-0.4, -0.2) is 49.2 Å². The zero-order valence-electron chi connectivity index (χ0n) is 13.1. The molecule has 0 unspecified atom stereocenters. The summed E-state index contributed by atoms with van der Waals surface area (Å²) in [4.78, 5) is 26.1. The van der Waals surface area contributed by atoms with Gasteiger partial charge in [-0.1, -0.05) is 0 Å². The van der Waals surface area contributed by atoms with Gasteiger partial charge in [-0.15, -0.1) is 0 Å². The third kappa shape index (κ3) is 3.75. The van der Waals surface area contributed by atoms with E-state index in [1.54, 1.807) is 6.92 Å². The summed E-state index contributed by atoms with van der Waals surface area (Å²) in [7, 11) is 0. The van der Waals surface area contributed by atoms with Crippen molar-refractivity contribution < 1.29 is 14.3 Å². The van der Waals surface area contributed by atoms with E-state index in [2.05, 4.69) is 10.6 Å². The van der Waals surface area contributed by atoms with Crippen LogP contribution in [0, 0.1) is 5.92 Å². The molecule has 0 aromatic carbocycles. The molecule has 0 bridgehead atoms. The molecule has 0 aliphatic carbocycles. The van der Waals surface area contributed by atoms with Crippen LogP contribution in [0.1, 0.15) is 33.6 Å². The van der Waals surface area contributed by atoms with Gasteiger partial charge >= 0.3 is 6.03 Å². The average molecular weight is 295 g/mol. The van der Waals surface area contributed by atoms with Crippen molar-refractivity contribution in [2.45, 2.75) is 39.7 Å². The van der Waals surface area contributed by atoms with Gasteiger partial charge in [0.05, 0.1) is 11.6 Å². The summed E-state index contributed by atoms with van der Waals surface area (Å²) in [5, 5.41) is 5.43. The van der Waals surface area contributed by atoms with Crippen molar-refractivity contribution in [3.05, 3.63) is 11.3 Å². The minimum absolute atomic E-state index is 0.0153. The highest BCUT2D eigenvalue weighted by molar-refractivity contribution is 5.98. The van der Waals surface area contributed by atoms with Crippen LogP contribution in [0.2, 0.25) is 0 Å². The maximum Gasteiger partial charge on any atom is 0.319 e. The lowest BCUT2D eigenvalue weighted by atomic mass is 9.98. The summed E-state index contributed by atoms with van der Waals surface area (Å²) in [5.41, 5.74) is 1.31. The Balaban J connectivity index is 2.08. The predicted octanol–water partition coefficient (Wildman–Crippen LogP) is 1.24. The van der Waals surface area contributed by atoms with E-state index < -0.39 is 0 Å². The first kappa shape index (κ1) is 15.8. The minimum atomic E-state index is -0.255. The monoisotopic (exact) mass is 295 g/mol. The molecule has 0 aromatic heterocycles. The maximum absolute atomic E-state index is 12.8. The molecule has 0 aromatic rings. The van der Waals surface area contributed by atoms with Gasteiger partial charge in [-0.05, 0) is 39.5 Å². The number of carbonyl (C=O) groups excluding carboxylic acids is 2. The number of hydrogen-bond acceptors (Lipinski definition) is 3. The normalized spacial score (nSPS) is 23.6. The van der Waals surface area contributed by atoms with E-state index in [1.807, 2.05) is 18.7 Å². The quantitative estimate of drug-likeness (QED) is 0.819. The van der Waals surface area contributed by atoms with Crippen LogP contribution in [0.3, 0.4) is 0 Å². The van der Waals surface area contributed by atoms with Gasteiger partial charge in [0.25, 0.3) is 5.91 Å². The molecule has 1 fully saturated rings. The first-order chi connectivity index (χ1) is 10.0. The SMILES string of the molecule is CCN(CC1CCOCC1)C(=O)C1=C(C)NC(=O)N[C@H]1C. The third-order valence-corrected chi connectivity index (χ3v) is 4.20. The van der Waals surface area contributed by atoms with Crippen LogP contribution in [0.4, 0.5) is 4.79 Å². The summed E-state index contributed by atoms with van der Waals surface area (Å²) in [6, 6.07) is -0.501. The Morgan fingerprint density at radius 1 is 1.38 bits per heavy atom. The van der Waals surface area contributed by atoms with Gasteiger partial charge in [-0.2, -0.15) is 0 Å². The Labute approximate surface area is 125 Å². The molecular formula is C15H25N3O3. The van der Waals surface area contributed by atoms with Crippen LogP contribution < -0.4 is 10.6 Å². The molecule has 6 nitrogen and oxygen atoms in total. The molecular weight excluding hydrogens is 270 g/mol. The maximum atomic E-state index is 12.8. The first-order valence-electron chi connectivity index (χ1n) is 7.68. The summed E-state index contributed by atoms with van der Waals surface area (Å²) >= 11 is 0. The van der Waals surface area contributed by atoms with Gasteiger partial charge in [-0.3, -0.25) is 4.79 Å². The standard InChI is InChI=1S/C15H25N3O3/c1-4-18(9-12-5-7-21-8-6-12)14(19)13-10(2)16-15(20)17-11(13)3/h10,12H,4-9H2,1-3H3,(H2,16,17,20)/t10-/m0/s1. The highest BCUT2D eigenvalue weighted by Gasteiger charge is 2.30. The molecule has 3 amide bonds. The molecule has 1 atom stereocenters. The van der Waals surface area contributed by atoms with Gasteiger partial charge in [0.1, 0.15) is 0 Å². The largest absolute Gasteiger partial charge is 0.381 e. The highest BCUT2D eigenvalue weighted by Crippen LogP contribution is 2.20. The van der Waals surface area contributed by atoms with E-state index in [-0.39, 0.29) is 18.0 Å². The van der Waals surface area contributed by atoms with E-state index in [0.717, 1.165) is 32.6 Å². The van der Waals surface area contributed by atoms with E-state index in [4.69, 9.17) is 4.74 Å². The molecule has 2 aliphatic heterocycles. The van der Waals surface area contributed by atoms with Crippen molar-refractivity contribution in [1.82, 2.24) is 15.5 Å². The minimum Gasteiger partial charge on any atom is -0.381 e. The molecule has 2 N–H and O–H groups in total. The van der Waals surface area contributed by atoms with Gasteiger partial charge < -0.3 is 20.3 Å². The van der Waals surface area contributed by atoms with Gasteiger partial charge in [0.2, 0.25) is 0 Å². The molecule has 6 heteroatoms. The second-order valence-corrected chi connectivity index (χ2v) is 5.76. The zero-order valence-corrected chi connectivity index (χ0v) is 13.1. The molecule has 1 saturated heterocycles. The second-order valence-electron chi connectivity index (χ2n) is 5.76. The van der Waals surface area contributed by atoms with Gasteiger partial charge in [0, 0.05) is 32.0 Å². The number of ether oxygens (including phenoxy) is 1. The van der Waals surface area contributed by atoms with Crippen molar-refractivity contribution in [3.8, 4) is 0 Å². The van der Waals surface area contributed by atoms with Crippen molar-refractivity contribution in [2.24, 2.45) is 5.92 Å². The molecule has 2 rings (SSSR count). The number of urea groups is 1. The van der Waals surface area contributed by atoms with Crippen LogP contribution in [0.25, 0.3) is 0 Å². The van der Waals surface area contributed by atoms with Crippen LogP contribution in [-0.2, 0) is 9.53 Å². The number of carbonyl (C=O) groups is 2. The summed E-state index contributed by atoms with van der Waals surface area (Å²) < 4.78 is 5.37. The molecule has 2 aliphatic rings. The van der Waals surface area contributed by atoms with Gasteiger partial charge in [-0.25, -0.2) is 4.79 Å². The fourth-order valence-corrected chi connectivity index (χ4v) is 2.98. The summed E-state index contributed by atoms with van der Waals surface area (Å²) in [6.07, 6.45) is 2.01.